The standard InChI is InChI=1S/C19H22Cl2N4O3S2/c1-12(26)25(30-19-23-16(11-29-19)7-18(22)27)10-17-9-24(2-3-28-17)8-13-4-14(20)6-15(21)5-13/h4-6,11,17H,2-3,7-10H2,1H3,(H2,22,27)/t17-/m0/s1. The molecular formula is C19H22Cl2N4O3S2. The minimum Gasteiger partial charge on any atom is -0.374 e. The summed E-state index contributed by atoms with van der Waals surface area (Å²) < 4.78 is 8.21. The number of thiazole rings is 1. The van der Waals surface area contributed by atoms with Crippen LogP contribution in [0.15, 0.2) is 27.9 Å². The minimum atomic E-state index is -0.433. The molecule has 2 amide bonds. The molecular weight excluding hydrogens is 467 g/mol. The number of amides is 2. The van der Waals surface area contributed by atoms with Gasteiger partial charge >= 0.3 is 0 Å². The van der Waals surface area contributed by atoms with Gasteiger partial charge < -0.3 is 10.5 Å². The summed E-state index contributed by atoms with van der Waals surface area (Å²) in [6.07, 6.45) is -0.0411. The maximum absolute atomic E-state index is 12.2. The zero-order chi connectivity index (χ0) is 21.7. The van der Waals surface area contributed by atoms with Gasteiger partial charge in [0.2, 0.25) is 11.8 Å². The highest BCUT2D eigenvalue weighted by Crippen LogP contribution is 2.28. The van der Waals surface area contributed by atoms with Crippen molar-refractivity contribution in [3.05, 3.63) is 44.9 Å². The molecule has 1 fully saturated rings. The van der Waals surface area contributed by atoms with Crippen LogP contribution in [0, 0.1) is 0 Å². The van der Waals surface area contributed by atoms with Gasteiger partial charge in [0.15, 0.2) is 4.34 Å². The van der Waals surface area contributed by atoms with Crippen molar-refractivity contribution in [3.63, 3.8) is 0 Å². The molecule has 1 atom stereocenters. The zero-order valence-electron chi connectivity index (χ0n) is 16.3. The largest absolute Gasteiger partial charge is 0.374 e. The Labute approximate surface area is 193 Å². The molecule has 162 valence electrons. The van der Waals surface area contributed by atoms with Gasteiger partial charge in [0, 0.05) is 53.9 Å². The van der Waals surface area contributed by atoms with Crippen LogP contribution in [0.2, 0.25) is 10.0 Å². The summed E-state index contributed by atoms with van der Waals surface area (Å²) in [7, 11) is 0. The maximum atomic E-state index is 12.2. The number of hydrogen-bond acceptors (Lipinski definition) is 7. The number of rotatable bonds is 8. The first-order chi connectivity index (χ1) is 14.3. The highest BCUT2D eigenvalue weighted by molar-refractivity contribution is 7.99. The van der Waals surface area contributed by atoms with Gasteiger partial charge in [-0.1, -0.05) is 23.2 Å². The fourth-order valence-electron chi connectivity index (χ4n) is 3.09. The molecule has 11 heteroatoms. The number of benzene rings is 1. The monoisotopic (exact) mass is 488 g/mol. The second kappa shape index (κ2) is 10.8. The lowest BCUT2D eigenvalue weighted by Crippen LogP contribution is -2.46. The summed E-state index contributed by atoms with van der Waals surface area (Å²) >= 11 is 14.8. The Morgan fingerprint density at radius 1 is 1.37 bits per heavy atom. The number of aromatic nitrogens is 1. The second-order valence-electron chi connectivity index (χ2n) is 6.92. The van der Waals surface area contributed by atoms with Crippen LogP contribution in [0.1, 0.15) is 18.2 Å². The van der Waals surface area contributed by atoms with Crippen molar-refractivity contribution in [2.75, 3.05) is 26.2 Å². The lowest BCUT2D eigenvalue weighted by Gasteiger charge is -2.35. The fraction of sp³-hybridized carbons (Fsp3) is 0.421. The Morgan fingerprint density at radius 3 is 2.77 bits per heavy atom. The smallest absolute Gasteiger partial charge is 0.229 e. The summed E-state index contributed by atoms with van der Waals surface area (Å²) in [5.41, 5.74) is 6.86. The number of nitrogens with zero attached hydrogens (tertiary/aromatic N) is 3. The van der Waals surface area contributed by atoms with E-state index >= 15 is 0 Å². The molecule has 1 aliphatic rings. The molecule has 2 aromatic rings. The van der Waals surface area contributed by atoms with Crippen LogP contribution >= 0.6 is 46.5 Å². The van der Waals surface area contributed by atoms with Gasteiger partial charge in [0.05, 0.1) is 31.4 Å². The molecule has 0 bridgehead atoms. The van der Waals surface area contributed by atoms with E-state index in [4.69, 9.17) is 33.7 Å². The van der Waals surface area contributed by atoms with Crippen molar-refractivity contribution in [1.29, 1.82) is 0 Å². The molecule has 1 aliphatic heterocycles. The molecule has 3 rings (SSSR count). The number of halogens is 2. The van der Waals surface area contributed by atoms with E-state index in [1.165, 1.54) is 30.2 Å². The number of morpholine rings is 1. The predicted molar refractivity (Wildman–Crippen MR) is 120 cm³/mol. The summed E-state index contributed by atoms with van der Waals surface area (Å²) in [5, 5.41) is 3.00. The van der Waals surface area contributed by atoms with E-state index in [0.29, 0.717) is 46.3 Å². The Morgan fingerprint density at radius 2 is 2.10 bits per heavy atom. The Hall–Kier alpha value is -1.36. The normalized spacial score (nSPS) is 17.1. The van der Waals surface area contributed by atoms with Crippen LogP contribution < -0.4 is 5.73 Å². The van der Waals surface area contributed by atoms with Crippen LogP contribution in [0.25, 0.3) is 0 Å². The summed E-state index contributed by atoms with van der Waals surface area (Å²) in [6.45, 7) is 4.69. The first-order valence-corrected chi connectivity index (χ1v) is 11.7. The second-order valence-corrected chi connectivity index (χ2v) is 9.92. The first kappa shape index (κ1) is 23.3. The van der Waals surface area contributed by atoms with Crippen LogP contribution in [0.4, 0.5) is 0 Å². The first-order valence-electron chi connectivity index (χ1n) is 9.26. The van der Waals surface area contributed by atoms with Crippen molar-refractivity contribution >= 4 is 58.3 Å². The van der Waals surface area contributed by atoms with Crippen LogP contribution in [-0.4, -0.2) is 58.3 Å². The summed E-state index contributed by atoms with van der Waals surface area (Å²) in [5.74, 6) is -0.522. The number of primary amides is 1. The van der Waals surface area contributed by atoms with Crippen LogP contribution in [-0.2, 0) is 27.3 Å². The number of carbonyl (C=O) groups is 2. The molecule has 1 saturated heterocycles. The lowest BCUT2D eigenvalue weighted by molar-refractivity contribution is -0.126. The van der Waals surface area contributed by atoms with E-state index in [0.717, 1.165) is 12.1 Å². The lowest BCUT2D eigenvalue weighted by atomic mass is 10.2. The minimum absolute atomic E-state index is 0.0886. The third kappa shape index (κ3) is 7.11. The molecule has 0 radical (unpaired) electrons. The van der Waals surface area contributed by atoms with Crippen molar-refractivity contribution < 1.29 is 14.3 Å². The Balaban J connectivity index is 1.58. The van der Waals surface area contributed by atoms with E-state index in [2.05, 4.69) is 9.88 Å². The molecule has 1 aromatic carbocycles. The van der Waals surface area contributed by atoms with Gasteiger partial charge in [-0.25, -0.2) is 4.98 Å². The molecule has 30 heavy (non-hydrogen) atoms. The third-order valence-corrected chi connectivity index (χ3v) is 6.85. The Bertz CT molecular complexity index is 891. The van der Waals surface area contributed by atoms with Crippen molar-refractivity contribution in [2.45, 2.75) is 30.3 Å². The van der Waals surface area contributed by atoms with Crippen molar-refractivity contribution in [1.82, 2.24) is 14.2 Å². The molecule has 2 heterocycles. The van der Waals surface area contributed by atoms with Gasteiger partial charge in [-0.3, -0.25) is 18.8 Å². The van der Waals surface area contributed by atoms with Gasteiger partial charge in [-0.05, 0) is 23.8 Å². The van der Waals surface area contributed by atoms with Crippen molar-refractivity contribution in [3.8, 4) is 0 Å². The average Bonchev–Trinajstić information content (AvgIpc) is 3.06. The average molecular weight is 489 g/mol. The van der Waals surface area contributed by atoms with Crippen LogP contribution in [0.5, 0.6) is 0 Å². The maximum Gasteiger partial charge on any atom is 0.229 e. The summed E-state index contributed by atoms with van der Waals surface area (Å²) in [6, 6.07) is 5.52. The third-order valence-electron chi connectivity index (χ3n) is 4.35. The van der Waals surface area contributed by atoms with Gasteiger partial charge in [0.25, 0.3) is 0 Å². The number of nitrogens with two attached hydrogens (primary N) is 1. The van der Waals surface area contributed by atoms with E-state index in [1.807, 2.05) is 12.1 Å². The number of carbonyl (C=O) groups excluding carboxylic acids is 2. The number of hydrogen-bond donors (Lipinski definition) is 1. The molecule has 0 saturated carbocycles. The Kier molecular flexibility index (Phi) is 8.38. The van der Waals surface area contributed by atoms with E-state index < -0.39 is 5.91 Å². The van der Waals surface area contributed by atoms with E-state index in [9.17, 15) is 9.59 Å². The fourth-order valence-corrected chi connectivity index (χ4v) is 5.51. The van der Waals surface area contributed by atoms with Crippen LogP contribution in [0.3, 0.4) is 0 Å². The SMILES string of the molecule is CC(=O)N(C[C@@H]1CN(Cc2cc(Cl)cc(Cl)c2)CCO1)Sc1nc(CC(N)=O)cs1. The summed E-state index contributed by atoms with van der Waals surface area (Å²) in [4.78, 5) is 29.8. The molecule has 0 aliphatic carbocycles. The molecule has 2 N–H and O–H groups in total. The molecule has 7 nitrogen and oxygen atoms in total. The molecule has 0 unspecified atom stereocenters. The van der Waals surface area contributed by atoms with Gasteiger partial charge in [-0.2, -0.15) is 0 Å². The van der Waals surface area contributed by atoms with Crippen molar-refractivity contribution in [2.24, 2.45) is 5.73 Å². The van der Waals surface area contributed by atoms with Gasteiger partial charge in [-0.15, -0.1) is 11.3 Å². The zero-order valence-corrected chi connectivity index (χ0v) is 19.5. The predicted octanol–water partition coefficient (Wildman–Crippen LogP) is 3.23. The number of ether oxygens (including phenoxy) is 1. The highest BCUT2D eigenvalue weighted by Gasteiger charge is 2.25. The highest BCUT2D eigenvalue weighted by atomic mass is 35.5. The van der Waals surface area contributed by atoms with Gasteiger partial charge in [0.1, 0.15) is 0 Å². The quantitative estimate of drug-likeness (QED) is 0.573. The van der Waals surface area contributed by atoms with E-state index in [-0.39, 0.29) is 18.4 Å². The molecule has 0 spiro atoms. The molecule has 1 aromatic heterocycles. The van der Waals surface area contributed by atoms with E-state index in [1.54, 1.807) is 15.8 Å². The topological polar surface area (TPSA) is 88.8 Å².